The van der Waals surface area contributed by atoms with E-state index in [4.69, 9.17) is 4.74 Å². The third kappa shape index (κ3) is 3.06. The van der Waals surface area contributed by atoms with E-state index in [2.05, 4.69) is 21.5 Å². The number of nitrogens with zero attached hydrogens (tertiary/aromatic N) is 2. The number of benzene rings is 1. The van der Waals surface area contributed by atoms with E-state index in [1.54, 1.807) is 7.11 Å². The molecule has 0 amide bonds. The molecule has 0 spiro atoms. The molecule has 0 aliphatic heterocycles. The summed E-state index contributed by atoms with van der Waals surface area (Å²) in [7, 11) is 1.64. The van der Waals surface area contributed by atoms with Gasteiger partial charge < -0.3 is 14.3 Å². The Bertz CT molecular complexity index is 895. The van der Waals surface area contributed by atoms with Crippen molar-refractivity contribution in [3.05, 3.63) is 41.2 Å². The largest absolute Gasteiger partial charge is 0.497 e. The number of aromatic amines is 1. The van der Waals surface area contributed by atoms with Crippen LogP contribution in [0.25, 0.3) is 11.0 Å². The molecule has 0 atom stereocenters. The lowest BCUT2D eigenvalue weighted by Gasteiger charge is -2.05. The quantitative estimate of drug-likeness (QED) is 0.543. The molecule has 0 unspecified atom stereocenters. The van der Waals surface area contributed by atoms with E-state index in [0.717, 1.165) is 45.4 Å². The number of thioether (sulfide) groups is 1. The maximum absolute atomic E-state index is 12.5. The van der Waals surface area contributed by atoms with Crippen LogP contribution in [0, 0.1) is 13.8 Å². The molecule has 3 rings (SSSR count). The summed E-state index contributed by atoms with van der Waals surface area (Å²) in [6.07, 6.45) is 0. The fourth-order valence-corrected chi connectivity index (χ4v) is 3.71. The first-order valence-corrected chi connectivity index (χ1v) is 8.88. The van der Waals surface area contributed by atoms with E-state index in [1.807, 2.05) is 38.1 Å². The Labute approximate surface area is 145 Å². The highest BCUT2D eigenvalue weighted by atomic mass is 32.2. The predicted octanol–water partition coefficient (Wildman–Crippen LogP) is 3.98. The molecule has 0 saturated heterocycles. The monoisotopic (exact) mass is 343 g/mol. The van der Waals surface area contributed by atoms with Crippen LogP contribution in [0.1, 0.15) is 28.7 Å². The van der Waals surface area contributed by atoms with Gasteiger partial charge in [-0.2, -0.15) is 0 Å². The number of methoxy groups -OCH3 is 1. The van der Waals surface area contributed by atoms with E-state index in [9.17, 15) is 4.79 Å². The van der Waals surface area contributed by atoms with Crippen molar-refractivity contribution in [2.24, 2.45) is 0 Å². The van der Waals surface area contributed by atoms with Gasteiger partial charge in [-0.15, -0.1) is 0 Å². The van der Waals surface area contributed by atoms with Crippen molar-refractivity contribution in [3.8, 4) is 5.75 Å². The van der Waals surface area contributed by atoms with Gasteiger partial charge in [0, 0.05) is 29.6 Å². The number of nitrogens with one attached hydrogen (secondary N) is 1. The number of ether oxygens (including phenoxy) is 1. The topological polar surface area (TPSA) is 59.9 Å². The molecule has 126 valence electrons. The average Bonchev–Trinajstić information content (AvgIpc) is 3.11. The van der Waals surface area contributed by atoms with Crippen molar-refractivity contribution in [1.29, 1.82) is 0 Å². The Morgan fingerprint density at radius 2 is 2.12 bits per heavy atom. The minimum Gasteiger partial charge on any atom is -0.497 e. The number of H-pyrrole nitrogens is 1. The fourth-order valence-electron chi connectivity index (χ4n) is 2.94. The lowest BCUT2D eigenvalue weighted by Crippen LogP contribution is -2.06. The molecule has 0 fully saturated rings. The molecule has 5 nitrogen and oxygen atoms in total. The molecule has 3 aromatic rings. The lowest BCUT2D eigenvalue weighted by atomic mass is 10.2. The number of hydrogen-bond donors (Lipinski definition) is 1. The van der Waals surface area contributed by atoms with Crippen molar-refractivity contribution in [3.63, 3.8) is 0 Å². The molecule has 0 radical (unpaired) electrons. The zero-order valence-electron chi connectivity index (χ0n) is 14.3. The lowest BCUT2D eigenvalue weighted by molar-refractivity contribution is 0.102. The Balaban J connectivity index is 1.74. The summed E-state index contributed by atoms with van der Waals surface area (Å²) in [6, 6.07) is 7.67. The number of carbonyl (C=O) groups is 1. The van der Waals surface area contributed by atoms with Gasteiger partial charge in [0.15, 0.2) is 10.9 Å². The molecule has 0 aliphatic carbocycles. The highest BCUT2D eigenvalue weighted by molar-refractivity contribution is 7.99. The van der Waals surface area contributed by atoms with Crippen LogP contribution < -0.4 is 4.74 Å². The van der Waals surface area contributed by atoms with Crippen molar-refractivity contribution in [1.82, 2.24) is 14.5 Å². The normalized spacial score (nSPS) is 11.2. The summed E-state index contributed by atoms with van der Waals surface area (Å²) in [5.74, 6) is 1.28. The fraction of sp³-hybridized carbons (Fsp3) is 0.333. The third-order valence-electron chi connectivity index (χ3n) is 4.20. The molecule has 6 heteroatoms. The van der Waals surface area contributed by atoms with Gasteiger partial charge in [0.25, 0.3) is 0 Å². The third-order valence-corrected chi connectivity index (χ3v) is 5.07. The molecule has 0 saturated carbocycles. The SMILES string of the molecule is CCn1c(C)cc(C(=O)CSc2nc3ccc(OC)cc3[nH]2)c1C. The highest BCUT2D eigenvalue weighted by Gasteiger charge is 2.16. The molecule has 0 aliphatic rings. The van der Waals surface area contributed by atoms with Gasteiger partial charge in [-0.25, -0.2) is 4.98 Å². The number of Topliss-reactive ketones (excluding diaryl/α,β-unsaturated/α-hetero) is 1. The zero-order chi connectivity index (χ0) is 17.3. The maximum Gasteiger partial charge on any atom is 0.175 e. The van der Waals surface area contributed by atoms with Gasteiger partial charge in [0.1, 0.15) is 5.75 Å². The van der Waals surface area contributed by atoms with Crippen molar-refractivity contribution in [2.45, 2.75) is 32.5 Å². The number of ketones is 1. The molecule has 0 bridgehead atoms. The Hall–Kier alpha value is -2.21. The van der Waals surface area contributed by atoms with Crippen LogP contribution in [-0.4, -0.2) is 33.2 Å². The van der Waals surface area contributed by atoms with E-state index < -0.39 is 0 Å². The van der Waals surface area contributed by atoms with Gasteiger partial charge in [0.05, 0.1) is 23.9 Å². The second-order valence-corrected chi connectivity index (χ2v) is 6.63. The van der Waals surface area contributed by atoms with Gasteiger partial charge >= 0.3 is 0 Å². The Kier molecular flexibility index (Phi) is 4.66. The van der Waals surface area contributed by atoms with Crippen molar-refractivity contribution in [2.75, 3.05) is 12.9 Å². The summed E-state index contributed by atoms with van der Waals surface area (Å²) < 4.78 is 7.37. The van der Waals surface area contributed by atoms with Crippen molar-refractivity contribution < 1.29 is 9.53 Å². The van der Waals surface area contributed by atoms with Gasteiger partial charge in [0.2, 0.25) is 0 Å². The number of fused-ring (bicyclic) bond motifs is 1. The number of carbonyl (C=O) groups excluding carboxylic acids is 1. The minimum absolute atomic E-state index is 0.130. The number of hydrogen-bond acceptors (Lipinski definition) is 4. The minimum atomic E-state index is 0.130. The molecule has 24 heavy (non-hydrogen) atoms. The summed E-state index contributed by atoms with van der Waals surface area (Å²) in [6.45, 7) is 7.00. The number of aromatic nitrogens is 3. The molecular weight excluding hydrogens is 322 g/mol. The summed E-state index contributed by atoms with van der Waals surface area (Å²) in [5, 5.41) is 0.746. The predicted molar refractivity (Wildman–Crippen MR) is 97.3 cm³/mol. The summed E-state index contributed by atoms with van der Waals surface area (Å²) >= 11 is 1.43. The Morgan fingerprint density at radius 3 is 2.79 bits per heavy atom. The summed E-state index contributed by atoms with van der Waals surface area (Å²) in [5.41, 5.74) is 4.75. The Morgan fingerprint density at radius 1 is 1.33 bits per heavy atom. The van der Waals surface area contributed by atoms with Gasteiger partial charge in [-0.05, 0) is 39.0 Å². The van der Waals surface area contributed by atoms with E-state index in [0.29, 0.717) is 5.75 Å². The second kappa shape index (κ2) is 6.73. The van der Waals surface area contributed by atoms with Crippen LogP contribution in [0.4, 0.5) is 0 Å². The number of aryl methyl sites for hydroxylation is 1. The molecule has 1 N–H and O–H groups in total. The first-order valence-electron chi connectivity index (χ1n) is 7.90. The van der Waals surface area contributed by atoms with Crippen LogP contribution >= 0.6 is 11.8 Å². The van der Waals surface area contributed by atoms with Crippen LogP contribution in [0.2, 0.25) is 0 Å². The average molecular weight is 343 g/mol. The highest BCUT2D eigenvalue weighted by Crippen LogP contribution is 2.24. The molecule has 2 aromatic heterocycles. The van der Waals surface area contributed by atoms with Crippen molar-refractivity contribution >= 4 is 28.6 Å². The number of rotatable bonds is 6. The van der Waals surface area contributed by atoms with Crippen LogP contribution in [0.5, 0.6) is 5.75 Å². The molecular formula is C18H21N3O2S. The first kappa shape index (κ1) is 16.6. The first-order chi connectivity index (χ1) is 11.5. The standard InChI is InChI=1S/C18H21N3O2S/c1-5-21-11(2)8-14(12(21)3)17(22)10-24-18-19-15-7-6-13(23-4)9-16(15)20-18/h6-9H,5,10H2,1-4H3,(H,19,20). The van der Waals surface area contributed by atoms with Crippen LogP contribution in [0.3, 0.4) is 0 Å². The van der Waals surface area contributed by atoms with Crippen LogP contribution in [0.15, 0.2) is 29.4 Å². The second-order valence-electron chi connectivity index (χ2n) is 5.67. The van der Waals surface area contributed by atoms with E-state index in [-0.39, 0.29) is 5.78 Å². The smallest absolute Gasteiger partial charge is 0.175 e. The summed E-state index contributed by atoms with van der Waals surface area (Å²) in [4.78, 5) is 20.3. The van der Waals surface area contributed by atoms with Gasteiger partial charge in [-0.1, -0.05) is 11.8 Å². The van der Waals surface area contributed by atoms with Gasteiger partial charge in [-0.3, -0.25) is 4.79 Å². The van der Waals surface area contributed by atoms with E-state index >= 15 is 0 Å². The number of imidazole rings is 1. The van der Waals surface area contributed by atoms with Crippen LogP contribution in [-0.2, 0) is 6.54 Å². The zero-order valence-corrected chi connectivity index (χ0v) is 15.2. The maximum atomic E-state index is 12.5. The van der Waals surface area contributed by atoms with E-state index in [1.165, 1.54) is 11.8 Å². The molecule has 2 heterocycles. The molecule has 1 aromatic carbocycles.